The molecule has 276 valence electrons. The second-order valence-electron chi connectivity index (χ2n) is 15.9. The first-order valence-electron chi connectivity index (χ1n) is 20.5. The van der Waals surface area contributed by atoms with Crippen molar-refractivity contribution in [2.24, 2.45) is 11.8 Å². The van der Waals surface area contributed by atoms with Crippen LogP contribution in [-0.2, 0) is 5.41 Å². The number of fused-ring (bicyclic) bond motifs is 12. The molecule has 1 aromatic heterocycles. The Balaban J connectivity index is 1.19. The number of anilines is 4. The van der Waals surface area contributed by atoms with Crippen LogP contribution in [0.4, 0.5) is 22.7 Å². The van der Waals surface area contributed by atoms with Gasteiger partial charge >= 0.3 is 0 Å². The van der Waals surface area contributed by atoms with Gasteiger partial charge in [-0.05, 0) is 113 Å². The second-order valence-corrected chi connectivity index (χ2v) is 15.9. The molecule has 8 aromatic rings. The first-order valence-corrected chi connectivity index (χ1v) is 20.5. The molecule has 0 bridgehead atoms. The lowest BCUT2D eigenvalue weighted by atomic mass is 9.63. The minimum atomic E-state index is -0.424. The summed E-state index contributed by atoms with van der Waals surface area (Å²) in [5, 5.41) is 2.34. The molecule has 0 aliphatic heterocycles. The van der Waals surface area contributed by atoms with Crippen LogP contribution in [0.1, 0.15) is 24.0 Å². The molecule has 3 unspecified atom stereocenters. The summed E-state index contributed by atoms with van der Waals surface area (Å²) in [6, 6.07) is 66.2. The van der Waals surface area contributed by atoms with E-state index in [2.05, 4.69) is 216 Å². The van der Waals surface area contributed by atoms with Crippen molar-refractivity contribution in [3.63, 3.8) is 0 Å². The topological polar surface area (TPSA) is 19.6 Å². The van der Waals surface area contributed by atoms with Crippen LogP contribution in [0.5, 0.6) is 0 Å². The fourth-order valence-electron chi connectivity index (χ4n) is 10.8. The van der Waals surface area contributed by atoms with Crippen molar-refractivity contribution in [3.8, 4) is 11.1 Å². The molecule has 3 nitrogen and oxygen atoms in total. The highest BCUT2D eigenvalue weighted by atomic mass is 16.3. The molecule has 0 amide bonds. The highest BCUT2D eigenvalue weighted by Gasteiger charge is 2.60. The van der Waals surface area contributed by atoms with Crippen molar-refractivity contribution in [2.45, 2.75) is 18.3 Å². The Hall–Kier alpha value is -7.10. The number of rotatable bonds is 6. The van der Waals surface area contributed by atoms with Gasteiger partial charge in [0.15, 0.2) is 0 Å². The molecule has 1 heterocycles. The summed E-state index contributed by atoms with van der Waals surface area (Å²) in [4.78, 5) is 4.98. The first-order chi connectivity index (χ1) is 28.8. The van der Waals surface area contributed by atoms with Crippen LogP contribution in [-0.4, -0.2) is 0 Å². The Kier molecular flexibility index (Phi) is 7.40. The van der Waals surface area contributed by atoms with E-state index in [4.69, 9.17) is 4.42 Å². The van der Waals surface area contributed by atoms with E-state index in [1.807, 2.05) is 0 Å². The molecule has 0 N–H and O–H groups in total. The zero-order chi connectivity index (χ0) is 38.2. The quantitative estimate of drug-likeness (QED) is 0.169. The van der Waals surface area contributed by atoms with Crippen molar-refractivity contribution < 1.29 is 4.42 Å². The van der Waals surface area contributed by atoms with Gasteiger partial charge in [-0.1, -0.05) is 139 Å². The Morgan fingerprint density at radius 2 is 1.10 bits per heavy atom. The van der Waals surface area contributed by atoms with Crippen LogP contribution >= 0.6 is 0 Å². The van der Waals surface area contributed by atoms with Crippen LogP contribution < -0.4 is 9.80 Å². The van der Waals surface area contributed by atoms with Crippen molar-refractivity contribution >= 4 is 44.7 Å². The van der Waals surface area contributed by atoms with E-state index in [1.54, 1.807) is 0 Å². The normalized spacial score (nSPS) is 20.1. The Morgan fingerprint density at radius 3 is 1.78 bits per heavy atom. The minimum Gasteiger partial charge on any atom is -0.456 e. The fourth-order valence-corrected chi connectivity index (χ4v) is 10.8. The van der Waals surface area contributed by atoms with Gasteiger partial charge in [0.05, 0.1) is 5.41 Å². The zero-order valence-electron chi connectivity index (χ0n) is 32.0. The third-order valence-corrected chi connectivity index (χ3v) is 13.0. The zero-order valence-corrected chi connectivity index (χ0v) is 32.0. The van der Waals surface area contributed by atoms with E-state index in [-0.39, 0.29) is 11.8 Å². The van der Waals surface area contributed by atoms with Crippen molar-refractivity contribution in [3.05, 3.63) is 240 Å². The van der Waals surface area contributed by atoms with Crippen LogP contribution in [0, 0.1) is 11.8 Å². The summed E-state index contributed by atoms with van der Waals surface area (Å²) in [5.41, 5.74) is 16.8. The number of furan rings is 1. The van der Waals surface area contributed by atoms with E-state index >= 15 is 0 Å². The van der Waals surface area contributed by atoms with Gasteiger partial charge in [0, 0.05) is 56.8 Å². The molecule has 3 heteroatoms. The first kappa shape index (κ1) is 33.1. The van der Waals surface area contributed by atoms with E-state index in [0.717, 1.165) is 57.8 Å². The highest BCUT2D eigenvalue weighted by Crippen LogP contribution is 2.68. The third kappa shape index (κ3) is 4.74. The van der Waals surface area contributed by atoms with Gasteiger partial charge < -0.3 is 14.2 Å². The van der Waals surface area contributed by atoms with Crippen molar-refractivity contribution in [2.75, 3.05) is 9.80 Å². The van der Waals surface area contributed by atoms with Crippen LogP contribution in [0.15, 0.2) is 233 Å². The predicted octanol–water partition coefficient (Wildman–Crippen LogP) is 14.2. The number of hydrogen-bond acceptors (Lipinski definition) is 3. The smallest absolute Gasteiger partial charge is 0.135 e. The molecule has 0 saturated heterocycles. The van der Waals surface area contributed by atoms with Gasteiger partial charge in [-0.2, -0.15) is 0 Å². The van der Waals surface area contributed by atoms with Gasteiger partial charge in [0.1, 0.15) is 11.2 Å². The molecule has 3 atom stereocenters. The van der Waals surface area contributed by atoms with Crippen LogP contribution in [0.25, 0.3) is 33.1 Å². The summed E-state index contributed by atoms with van der Waals surface area (Å²) < 4.78 is 6.73. The average Bonchev–Trinajstić information content (AvgIpc) is 3.91. The molecule has 0 radical (unpaired) electrons. The van der Waals surface area contributed by atoms with E-state index in [9.17, 15) is 0 Å². The lowest BCUT2D eigenvalue weighted by Crippen LogP contribution is -2.39. The molecule has 7 aromatic carbocycles. The molecule has 4 aliphatic rings. The van der Waals surface area contributed by atoms with Crippen LogP contribution in [0.3, 0.4) is 0 Å². The van der Waals surface area contributed by atoms with E-state index in [1.165, 1.54) is 44.5 Å². The maximum atomic E-state index is 6.73. The van der Waals surface area contributed by atoms with Gasteiger partial charge in [-0.3, -0.25) is 0 Å². The summed E-state index contributed by atoms with van der Waals surface area (Å²) in [7, 11) is 0. The number of hydrogen-bond donors (Lipinski definition) is 0. The Morgan fingerprint density at radius 1 is 0.517 bits per heavy atom. The Bertz CT molecular complexity index is 2930. The molecule has 0 fully saturated rings. The van der Waals surface area contributed by atoms with Gasteiger partial charge in [0.2, 0.25) is 0 Å². The second kappa shape index (κ2) is 13.0. The standard InChI is InChI=1S/C55H40N2O/c1-5-19-37(20-6-1)56(38-21-7-2-8-22-38)41-33-50-54(51(34-41)57(39-23-9-3-10-24-39)40-25-11-4-12-26-40)44-29-14-17-31-48(44)55(50)47-30-16-13-27-42(47)45-35-46-43-28-15-18-32-52(43)58-53(46)36-49(45)55/h1-16,18-30,32-36,50,54H,17,31H2. The molecular formula is C55H40N2O. The van der Waals surface area contributed by atoms with Crippen LogP contribution in [0.2, 0.25) is 0 Å². The maximum Gasteiger partial charge on any atom is 0.135 e. The summed E-state index contributed by atoms with van der Waals surface area (Å²) in [6.07, 6.45) is 12.0. The Labute approximate surface area is 338 Å². The summed E-state index contributed by atoms with van der Waals surface area (Å²) in [6.45, 7) is 0. The van der Waals surface area contributed by atoms with Gasteiger partial charge in [0.25, 0.3) is 0 Å². The summed E-state index contributed by atoms with van der Waals surface area (Å²) >= 11 is 0. The number of benzene rings is 7. The highest BCUT2D eigenvalue weighted by molar-refractivity contribution is 6.08. The SMILES string of the molecule is C1=CC2=C(CC1)C1(c3ccccc3-c3cc4c(cc31)oc1ccccc14)C1C=C(N(c3ccccc3)c3ccccc3)C=C(N(c3ccccc3)c3ccccc3)C21. The average molecular weight is 745 g/mol. The molecule has 1 spiro atoms. The summed E-state index contributed by atoms with van der Waals surface area (Å²) in [5.74, 6) is 0.110. The predicted molar refractivity (Wildman–Crippen MR) is 239 cm³/mol. The lowest BCUT2D eigenvalue weighted by molar-refractivity contribution is 0.408. The minimum absolute atomic E-state index is 0.0457. The monoisotopic (exact) mass is 744 g/mol. The molecule has 0 saturated carbocycles. The molecule has 12 rings (SSSR count). The maximum absolute atomic E-state index is 6.73. The number of nitrogens with zero attached hydrogens (tertiary/aromatic N) is 2. The van der Waals surface area contributed by atoms with Gasteiger partial charge in [-0.15, -0.1) is 0 Å². The van der Waals surface area contributed by atoms with Crippen molar-refractivity contribution in [1.29, 1.82) is 0 Å². The van der Waals surface area contributed by atoms with E-state index in [0.29, 0.717) is 0 Å². The molecule has 4 aliphatic carbocycles. The third-order valence-electron chi connectivity index (χ3n) is 13.0. The molecular weight excluding hydrogens is 705 g/mol. The fraction of sp³-hybridized carbons (Fsp3) is 0.0909. The van der Waals surface area contributed by atoms with E-state index < -0.39 is 5.41 Å². The largest absolute Gasteiger partial charge is 0.456 e. The van der Waals surface area contributed by atoms with Gasteiger partial charge in [-0.25, -0.2) is 0 Å². The number of para-hydroxylation sites is 5. The molecule has 58 heavy (non-hydrogen) atoms. The van der Waals surface area contributed by atoms with Crippen molar-refractivity contribution in [1.82, 2.24) is 0 Å². The number of allylic oxidation sites excluding steroid dienone is 6. The lowest BCUT2D eigenvalue weighted by Gasteiger charge is -2.43.